The molecule has 0 saturated heterocycles. The van der Waals surface area contributed by atoms with E-state index in [1.807, 2.05) is 0 Å². The van der Waals surface area contributed by atoms with E-state index in [1.165, 1.54) is 6.92 Å². The maximum Gasteiger partial charge on any atom is 0.302 e. The predicted molar refractivity (Wildman–Crippen MR) is 93.7 cm³/mol. The molecular formula is C21H32O4. The number of hydrogen-bond acceptors (Lipinski definition) is 4. The van der Waals surface area contributed by atoms with Gasteiger partial charge < -0.3 is 9.84 Å². The van der Waals surface area contributed by atoms with Crippen LogP contribution in [0.5, 0.6) is 0 Å². The summed E-state index contributed by atoms with van der Waals surface area (Å²) < 4.78 is 5.69. The van der Waals surface area contributed by atoms with Gasteiger partial charge in [-0.2, -0.15) is 0 Å². The van der Waals surface area contributed by atoms with Crippen molar-refractivity contribution in [3.8, 4) is 0 Å². The fraction of sp³-hybridized carbons (Fsp3) is 0.905. The Morgan fingerprint density at radius 2 is 1.80 bits per heavy atom. The maximum absolute atomic E-state index is 12.0. The monoisotopic (exact) mass is 348 g/mol. The summed E-state index contributed by atoms with van der Waals surface area (Å²) in [5.74, 6) is 1.93. The molecule has 0 aromatic rings. The highest BCUT2D eigenvalue weighted by Crippen LogP contribution is 2.66. The molecule has 0 radical (unpaired) electrons. The largest absolute Gasteiger partial charge is 0.462 e. The zero-order valence-corrected chi connectivity index (χ0v) is 15.8. The van der Waals surface area contributed by atoms with Crippen molar-refractivity contribution >= 4 is 11.8 Å². The van der Waals surface area contributed by atoms with Gasteiger partial charge in [0.25, 0.3) is 0 Å². The van der Waals surface area contributed by atoms with Crippen LogP contribution in [-0.2, 0) is 14.3 Å². The number of aliphatic hydroxyl groups is 1. The molecule has 8 atom stereocenters. The van der Waals surface area contributed by atoms with E-state index in [2.05, 4.69) is 13.8 Å². The van der Waals surface area contributed by atoms with Gasteiger partial charge in [0.2, 0.25) is 0 Å². The van der Waals surface area contributed by atoms with Crippen LogP contribution in [0.4, 0.5) is 0 Å². The van der Waals surface area contributed by atoms with Gasteiger partial charge in [0.1, 0.15) is 11.9 Å². The first-order valence-corrected chi connectivity index (χ1v) is 10.1. The van der Waals surface area contributed by atoms with Gasteiger partial charge in [-0.15, -0.1) is 0 Å². The standard InChI is InChI=1S/C21H32O4/c1-12(22)25-19-5-4-15-14-11-18(24)17-10-13(23)6-8-20(17,2)16(14)7-9-21(15,19)3/h14-19,24H,4-11H2,1-3H3/t14?,15?,16?,17?,18-,19?,20-,21-/m1/s1. The Bertz CT molecular complexity index is 586. The van der Waals surface area contributed by atoms with Gasteiger partial charge in [0, 0.05) is 25.2 Å². The van der Waals surface area contributed by atoms with Gasteiger partial charge >= 0.3 is 5.97 Å². The van der Waals surface area contributed by atoms with E-state index in [1.54, 1.807) is 0 Å². The lowest BCUT2D eigenvalue weighted by atomic mass is 9.44. The summed E-state index contributed by atoms with van der Waals surface area (Å²) in [4.78, 5) is 23.5. The first-order valence-electron chi connectivity index (χ1n) is 10.1. The number of carbonyl (C=O) groups excluding carboxylic acids is 2. The van der Waals surface area contributed by atoms with Crippen LogP contribution in [0.2, 0.25) is 0 Å². The Morgan fingerprint density at radius 1 is 1.08 bits per heavy atom. The van der Waals surface area contributed by atoms with Crippen molar-refractivity contribution in [2.24, 2.45) is 34.5 Å². The molecule has 4 nitrogen and oxygen atoms in total. The molecule has 0 aromatic carbocycles. The summed E-state index contributed by atoms with van der Waals surface area (Å²) in [5, 5.41) is 10.9. The number of ketones is 1. The summed E-state index contributed by atoms with van der Waals surface area (Å²) in [6, 6.07) is 0. The Labute approximate surface area is 150 Å². The van der Waals surface area contributed by atoms with Crippen LogP contribution in [0.25, 0.3) is 0 Å². The molecule has 4 aliphatic rings. The van der Waals surface area contributed by atoms with E-state index in [-0.39, 0.29) is 34.9 Å². The second-order valence-corrected chi connectivity index (χ2v) is 9.75. The Kier molecular flexibility index (Phi) is 4.06. The zero-order chi connectivity index (χ0) is 18.0. The smallest absolute Gasteiger partial charge is 0.302 e. The predicted octanol–water partition coefficient (Wildman–Crippen LogP) is 3.50. The van der Waals surface area contributed by atoms with Gasteiger partial charge in [-0.1, -0.05) is 13.8 Å². The summed E-state index contributed by atoms with van der Waals surface area (Å²) in [5.41, 5.74) is 0.150. The molecule has 0 aromatic heterocycles. The van der Waals surface area contributed by atoms with Crippen LogP contribution >= 0.6 is 0 Å². The molecule has 0 bridgehead atoms. The fourth-order valence-corrected chi connectivity index (χ4v) is 7.43. The van der Waals surface area contributed by atoms with E-state index in [0.29, 0.717) is 36.4 Å². The highest BCUT2D eigenvalue weighted by molar-refractivity contribution is 5.79. The van der Waals surface area contributed by atoms with Gasteiger partial charge in [0.05, 0.1) is 6.10 Å². The van der Waals surface area contributed by atoms with Crippen LogP contribution in [0.1, 0.15) is 72.1 Å². The quantitative estimate of drug-likeness (QED) is 0.737. The van der Waals surface area contributed by atoms with Gasteiger partial charge in [-0.3, -0.25) is 9.59 Å². The normalized spacial score (nSPS) is 52.1. The van der Waals surface area contributed by atoms with Gasteiger partial charge in [0.15, 0.2) is 0 Å². The average molecular weight is 348 g/mol. The molecule has 5 unspecified atom stereocenters. The average Bonchev–Trinajstić information content (AvgIpc) is 2.86. The summed E-state index contributed by atoms with van der Waals surface area (Å²) in [6.45, 7) is 6.16. The third kappa shape index (κ3) is 2.50. The second-order valence-electron chi connectivity index (χ2n) is 9.75. The molecule has 0 aliphatic heterocycles. The van der Waals surface area contributed by atoms with Gasteiger partial charge in [-0.25, -0.2) is 0 Å². The van der Waals surface area contributed by atoms with Crippen LogP contribution in [0, 0.1) is 34.5 Å². The molecule has 25 heavy (non-hydrogen) atoms. The molecule has 4 fully saturated rings. The lowest BCUT2D eigenvalue weighted by molar-refractivity contribution is -0.176. The van der Waals surface area contributed by atoms with Crippen LogP contribution in [0.3, 0.4) is 0 Å². The van der Waals surface area contributed by atoms with Crippen LogP contribution in [-0.4, -0.2) is 29.1 Å². The molecule has 4 aliphatic carbocycles. The third-order valence-corrected chi connectivity index (χ3v) is 8.72. The second kappa shape index (κ2) is 5.80. The van der Waals surface area contributed by atoms with E-state index in [4.69, 9.17) is 4.74 Å². The molecular weight excluding hydrogens is 316 g/mol. The fourth-order valence-electron chi connectivity index (χ4n) is 7.43. The lowest BCUT2D eigenvalue weighted by Gasteiger charge is -2.61. The number of carbonyl (C=O) groups is 2. The number of Topliss-reactive ketones (excluding diaryl/α,β-unsaturated/α-hetero) is 1. The minimum Gasteiger partial charge on any atom is -0.462 e. The van der Waals surface area contributed by atoms with Crippen LogP contribution in [0.15, 0.2) is 0 Å². The molecule has 140 valence electrons. The number of hydrogen-bond donors (Lipinski definition) is 1. The Hall–Kier alpha value is -0.900. The van der Waals surface area contributed by atoms with Crippen molar-refractivity contribution in [3.63, 3.8) is 0 Å². The van der Waals surface area contributed by atoms with Gasteiger partial charge in [-0.05, 0) is 67.6 Å². The number of aliphatic hydroxyl groups excluding tert-OH is 1. The zero-order valence-electron chi connectivity index (χ0n) is 15.8. The van der Waals surface area contributed by atoms with E-state index in [9.17, 15) is 14.7 Å². The highest BCUT2D eigenvalue weighted by atomic mass is 16.5. The molecule has 0 amide bonds. The van der Waals surface area contributed by atoms with Crippen molar-refractivity contribution in [2.45, 2.75) is 84.3 Å². The SMILES string of the molecule is CC(=O)OC1CCC2C3C[C@@H](O)C4CC(=O)CC[C@]4(C)C3CC[C@@]12C. The Balaban J connectivity index is 1.62. The minimum absolute atomic E-state index is 0.0338. The maximum atomic E-state index is 12.0. The topological polar surface area (TPSA) is 63.6 Å². The molecule has 0 heterocycles. The van der Waals surface area contributed by atoms with Crippen molar-refractivity contribution < 1.29 is 19.4 Å². The first-order chi connectivity index (χ1) is 11.8. The number of esters is 1. The summed E-state index contributed by atoms with van der Waals surface area (Å²) in [7, 11) is 0. The van der Waals surface area contributed by atoms with E-state index in [0.717, 1.165) is 38.5 Å². The van der Waals surface area contributed by atoms with Crippen molar-refractivity contribution in [2.75, 3.05) is 0 Å². The number of fused-ring (bicyclic) bond motifs is 5. The lowest BCUT2D eigenvalue weighted by Crippen LogP contribution is -2.58. The van der Waals surface area contributed by atoms with Crippen molar-refractivity contribution in [1.29, 1.82) is 0 Å². The highest BCUT2D eigenvalue weighted by Gasteiger charge is 2.62. The van der Waals surface area contributed by atoms with E-state index >= 15 is 0 Å². The molecule has 4 heteroatoms. The Morgan fingerprint density at radius 3 is 2.52 bits per heavy atom. The van der Waals surface area contributed by atoms with Crippen molar-refractivity contribution in [3.05, 3.63) is 0 Å². The molecule has 1 N–H and O–H groups in total. The molecule has 4 saturated carbocycles. The molecule has 0 spiro atoms. The minimum atomic E-state index is -0.356. The summed E-state index contributed by atoms with van der Waals surface area (Å²) in [6.07, 6.45) is 6.99. The third-order valence-electron chi connectivity index (χ3n) is 8.72. The number of rotatable bonds is 1. The van der Waals surface area contributed by atoms with E-state index < -0.39 is 0 Å². The number of ether oxygens (including phenoxy) is 1. The molecule has 4 rings (SSSR count). The van der Waals surface area contributed by atoms with Crippen molar-refractivity contribution in [1.82, 2.24) is 0 Å². The first kappa shape index (κ1) is 17.5. The summed E-state index contributed by atoms with van der Waals surface area (Å²) >= 11 is 0. The van der Waals surface area contributed by atoms with Crippen LogP contribution < -0.4 is 0 Å².